The molecule has 172 valence electrons. The Morgan fingerprint density at radius 2 is 1.90 bits per heavy atom. The van der Waals surface area contributed by atoms with E-state index in [2.05, 4.69) is 17.6 Å². The molecule has 30 heavy (non-hydrogen) atoms. The molecule has 0 bridgehead atoms. The highest BCUT2D eigenvalue weighted by Gasteiger charge is 2.18. The molecule has 0 amide bonds. The SMILES string of the molecule is CCNC(=NCc1ccc(OC)cc1OC1CCCC1)NCCCOCCOC.I. The van der Waals surface area contributed by atoms with Gasteiger partial charge in [-0.15, -0.1) is 24.0 Å². The van der Waals surface area contributed by atoms with E-state index in [4.69, 9.17) is 23.9 Å². The Kier molecular flexibility index (Phi) is 14.7. The smallest absolute Gasteiger partial charge is 0.191 e. The van der Waals surface area contributed by atoms with Crippen LogP contribution in [-0.4, -0.2) is 59.2 Å². The van der Waals surface area contributed by atoms with Crippen LogP contribution in [0.4, 0.5) is 0 Å². The second kappa shape index (κ2) is 16.4. The van der Waals surface area contributed by atoms with Gasteiger partial charge in [0.2, 0.25) is 0 Å². The molecule has 2 N–H and O–H groups in total. The van der Waals surface area contributed by atoms with Gasteiger partial charge in [0.1, 0.15) is 11.5 Å². The molecule has 1 fully saturated rings. The zero-order chi connectivity index (χ0) is 20.7. The van der Waals surface area contributed by atoms with E-state index >= 15 is 0 Å². The number of benzene rings is 1. The summed E-state index contributed by atoms with van der Waals surface area (Å²) in [5, 5.41) is 6.65. The number of rotatable bonds is 13. The van der Waals surface area contributed by atoms with Gasteiger partial charge in [-0.3, -0.25) is 0 Å². The van der Waals surface area contributed by atoms with E-state index < -0.39 is 0 Å². The Labute approximate surface area is 198 Å². The highest BCUT2D eigenvalue weighted by Crippen LogP contribution is 2.30. The minimum absolute atomic E-state index is 0. The van der Waals surface area contributed by atoms with Crippen molar-refractivity contribution in [1.82, 2.24) is 10.6 Å². The fourth-order valence-corrected chi connectivity index (χ4v) is 3.22. The van der Waals surface area contributed by atoms with E-state index in [9.17, 15) is 0 Å². The molecular weight excluding hydrogens is 497 g/mol. The summed E-state index contributed by atoms with van der Waals surface area (Å²) < 4.78 is 22.1. The van der Waals surface area contributed by atoms with Gasteiger partial charge in [0.05, 0.1) is 33.0 Å². The van der Waals surface area contributed by atoms with E-state index in [0.717, 1.165) is 55.4 Å². The molecule has 0 unspecified atom stereocenters. The molecule has 1 aliphatic rings. The molecule has 0 radical (unpaired) electrons. The average molecular weight is 535 g/mol. The maximum atomic E-state index is 6.27. The molecule has 0 atom stereocenters. The molecule has 1 aromatic carbocycles. The Morgan fingerprint density at radius 3 is 2.60 bits per heavy atom. The van der Waals surface area contributed by atoms with E-state index in [1.54, 1.807) is 14.2 Å². The van der Waals surface area contributed by atoms with Crippen molar-refractivity contribution in [2.24, 2.45) is 4.99 Å². The molecule has 1 aromatic rings. The van der Waals surface area contributed by atoms with Crippen LogP contribution in [0.1, 0.15) is 44.6 Å². The molecule has 2 rings (SSSR count). The van der Waals surface area contributed by atoms with Crippen LogP contribution >= 0.6 is 24.0 Å². The Bertz CT molecular complexity index is 610. The van der Waals surface area contributed by atoms with Gasteiger partial charge in [0.15, 0.2) is 5.96 Å². The second-order valence-corrected chi connectivity index (χ2v) is 7.08. The van der Waals surface area contributed by atoms with Crippen LogP contribution in [0.5, 0.6) is 11.5 Å². The van der Waals surface area contributed by atoms with Crippen molar-refractivity contribution in [2.45, 2.75) is 51.7 Å². The summed E-state index contributed by atoms with van der Waals surface area (Å²) in [6, 6.07) is 5.98. The summed E-state index contributed by atoms with van der Waals surface area (Å²) in [5.41, 5.74) is 1.07. The lowest BCUT2D eigenvalue weighted by atomic mass is 10.2. The number of guanidine groups is 1. The maximum Gasteiger partial charge on any atom is 0.191 e. The zero-order valence-electron chi connectivity index (χ0n) is 18.6. The first-order valence-electron chi connectivity index (χ1n) is 10.7. The third kappa shape index (κ3) is 10.2. The highest BCUT2D eigenvalue weighted by atomic mass is 127. The third-order valence-corrected chi connectivity index (χ3v) is 4.81. The van der Waals surface area contributed by atoms with Gasteiger partial charge in [0, 0.05) is 38.4 Å². The lowest BCUT2D eigenvalue weighted by molar-refractivity contribution is 0.0698. The number of aliphatic imine (C=N–C) groups is 1. The zero-order valence-corrected chi connectivity index (χ0v) is 20.9. The largest absolute Gasteiger partial charge is 0.497 e. The number of hydrogen-bond acceptors (Lipinski definition) is 5. The summed E-state index contributed by atoms with van der Waals surface area (Å²) in [5.74, 6) is 2.48. The number of nitrogens with zero attached hydrogens (tertiary/aromatic N) is 1. The first-order valence-corrected chi connectivity index (χ1v) is 10.7. The normalized spacial score (nSPS) is 14.3. The number of halogens is 1. The first kappa shape index (κ1) is 26.8. The molecule has 8 heteroatoms. The molecule has 0 heterocycles. The Hall–Kier alpha value is -1.26. The molecule has 0 spiro atoms. The number of methoxy groups -OCH3 is 2. The van der Waals surface area contributed by atoms with Gasteiger partial charge in [-0.2, -0.15) is 0 Å². The van der Waals surface area contributed by atoms with Gasteiger partial charge < -0.3 is 29.6 Å². The summed E-state index contributed by atoms with van der Waals surface area (Å²) in [6.07, 6.45) is 5.94. The lowest BCUT2D eigenvalue weighted by Gasteiger charge is -2.17. The quantitative estimate of drug-likeness (QED) is 0.174. The monoisotopic (exact) mass is 535 g/mol. The molecular formula is C22H38IN3O4. The predicted molar refractivity (Wildman–Crippen MR) is 131 cm³/mol. The van der Waals surface area contributed by atoms with Crippen LogP contribution in [0.25, 0.3) is 0 Å². The lowest BCUT2D eigenvalue weighted by Crippen LogP contribution is -2.38. The van der Waals surface area contributed by atoms with E-state index in [-0.39, 0.29) is 24.0 Å². The molecule has 0 aromatic heterocycles. The van der Waals surface area contributed by atoms with Crippen molar-refractivity contribution in [3.63, 3.8) is 0 Å². The minimum Gasteiger partial charge on any atom is -0.497 e. The van der Waals surface area contributed by atoms with Crippen molar-refractivity contribution >= 4 is 29.9 Å². The van der Waals surface area contributed by atoms with Crippen LogP contribution in [-0.2, 0) is 16.0 Å². The molecule has 7 nitrogen and oxygen atoms in total. The van der Waals surface area contributed by atoms with Crippen LogP contribution in [0.15, 0.2) is 23.2 Å². The topological polar surface area (TPSA) is 73.3 Å². The second-order valence-electron chi connectivity index (χ2n) is 7.08. The number of nitrogens with one attached hydrogen (secondary N) is 2. The molecule has 1 saturated carbocycles. The maximum absolute atomic E-state index is 6.27. The van der Waals surface area contributed by atoms with Gasteiger partial charge in [-0.1, -0.05) is 0 Å². The summed E-state index contributed by atoms with van der Waals surface area (Å²) >= 11 is 0. The van der Waals surface area contributed by atoms with Crippen LogP contribution in [0.3, 0.4) is 0 Å². The van der Waals surface area contributed by atoms with E-state index in [1.807, 2.05) is 18.2 Å². The summed E-state index contributed by atoms with van der Waals surface area (Å²) in [7, 11) is 3.36. The van der Waals surface area contributed by atoms with Crippen molar-refractivity contribution in [3.05, 3.63) is 23.8 Å². The van der Waals surface area contributed by atoms with Gasteiger partial charge in [-0.25, -0.2) is 4.99 Å². The van der Waals surface area contributed by atoms with Crippen LogP contribution in [0, 0.1) is 0 Å². The predicted octanol–water partition coefficient (Wildman–Crippen LogP) is 3.74. The van der Waals surface area contributed by atoms with E-state index in [0.29, 0.717) is 32.5 Å². The molecule has 1 aliphatic carbocycles. The molecule has 0 saturated heterocycles. The summed E-state index contributed by atoms with van der Waals surface area (Å²) in [4.78, 5) is 4.73. The van der Waals surface area contributed by atoms with Crippen molar-refractivity contribution in [3.8, 4) is 11.5 Å². The number of ether oxygens (including phenoxy) is 4. The van der Waals surface area contributed by atoms with Gasteiger partial charge in [0.25, 0.3) is 0 Å². The fourth-order valence-electron chi connectivity index (χ4n) is 3.22. The van der Waals surface area contributed by atoms with Crippen LogP contribution < -0.4 is 20.1 Å². The van der Waals surface area contributed by atoms with Crippen molar-refractivity contribution in [1.29, 1.82) is 0 Å². The molecule has 0 aliphatic heterocycles. The number of hydrogen-bond donors (Lipinski definition) is 2. The third-order valence-electron chi connectivity index (χ3n) is 4.81. The van der Waals surface area contributed by atoms with E-state index in [1.165, 1.54) is 12.8 Å². The average Bonchev–Trinajstić information content (AvgIpc) is 3.25. The Balaban J connectivity index is 0.00000450. The Morgan fingerprint density at radius 1 is 1.10 bits per heavy atom. The van der Waals surface area contributed by atoms with Crippen LogP contribution in [0.2, 0.25) is 0 Å². The first-order chi connectivity index (χ1) is 14.3. The van der Waals surface area contributed by atoms with Gasteiger partial charge in [-0.05, 0) is 51.2 Å². The van der Waals surface area contributed by atoms with Crippen molar-refractivity contribution in [2.75, 3.05) is 47.1 Å². The standard InChI is InChI=1S/C22H37N3O4.HI/c1-4-23-22(24-12-7-13-28-15-14-26-2)25-17-18-10-11-20(27-3)16-21(18)29-19-8-5-6-9-19;/h10-11,16,19H,4-9,12-15,17H2,1-3H3,(H2,23,24,25);1H. The fraction of sp³-hybridized carbons (Fsp3) is 0.682. The minimum atomic E-state index is 0. The van der Waals surface area contributed by atoms with Gasteiger partial charge >= 0.3 is 0 Å². The highest BCUT2D eigenvalue weighted by molar-refractivity contribution is 14.0. The van der Waals surface area contributed by atoms with Crippen molar-refractivity contribution < 1.29 is 18.9 Å². The summed E-state index contributed by atoms with van der Waals surface area (Å²) in [6.45, 7) is 6.18.